The monoisotopic (exact) mass is 474 g/mol. The van der Waals surface area contributed by atoms with Crippen molar-refractivity contribution in [3.63, 3.8) is 0 Å². The zero-order valence-corrected chi connectivity index (χ0v) is 19.0. The maximum absolute atomic E-state index is 13.2. The number of aromatic nitrogens is 1. The lowest BCUT2D eigenvalue weighted by Crippen LogP contribution is -2.35. The number of sulfonamides is 1. The molecule has 8 heteroatoms. The summed E-state index contributed by atoms with van der Waals surface area (Å²) in [4.78, 5) is 28.1. The Kier molecular flexibility index (Phi) is 5.67. The van der Waals surface area contributed by atoms with Gasteiger partial charge in [0.15, 0.2) is 6.61 Å². The molecule has 0 amide bonds. The molecule has 0 bridgehead atoms. The first-order chi connectivity index (χ1) is 16.4. The Balaban J connectivity index is 1.28. The highest BCUT2D eigenvalue weighted by Gasteiger charge is 2.29. The molecule has 172 valence electrons. The maximum Gasteiger partial charge on any atom is 0.338 e. The predicted molar refractivity (Wildman–Crippen MR) is 129 cm³/mol. The molecule has 0 atom stereocenters. The molecule has 5 rings (SSSR count). The Morgan fingerprint density at radius 1 is 0.941 bits per heavy atom. The Morgan fingerprint density at radius 2 is 1.68 bits per heavy atom. The molecule has 3 aromatic carbocycles. The molecule has 1 aromatic heterocycles. The number of nitrogens with one attached hydrogen (secondary N) is 1. The fraction of sp³-hybridized carbons (Fsp3) is 0.154. The van der Waals surface area contributed by atoms with Crippen LogP contribution in [0.1, 0.15) is 32.7 Å². The summed E-state index contributed by atoms with van der Waals surface area (Å²) >= 11 is 0. The third kappa shape index (κ3) is 3.97. The normalized spacial score (nSPS) is 13.5. The van der Waals surface area contributed by atoms with Crippen molar-refractivity contribution in [2.24, 2.45) is 0 Å². The number of ether oxygens (including phenoxy) is 1. The van der Waals surface area contributed by atoms with Crippen molar-refractivity contribution in [3.05, 3.63) is 95.7 Å². The van der Waals surface area contributed by atoms with Crippen molar-refractivity contribution < 1.29 is 22.7 Å². The van der Waals surface area contributed by atoms with Gasteiger partial charge in [-0.15, -0.1) is 0 Å². The van der Waals surface area contributed by atoms with E-state index in [-0.39, 0.29) is 16.2 Å². The van der Waals surface area contributed by atoms with Gasteiger partial charge < -0.3 is 9.72 Å². The van der Waals surface area contributed by atoms with Crippen LogP contribution < -0.4 is 4.31 Å². The molecule has 4 aromatic rings. The van der Waals surface area contributed by atoms with E-state index in [9.17, 15) is 18.0 Å². The Morgan fingerprint density at radius 3 is 2.50 bits per heavy atom. The summed E-state index contributed by atoms with van der Waals surface area (Å²) in [7, 11) is -3.77. The molecule has 0 unspecified atom stereocenters. The summed E-state index contributed by atoms with van der Waals surface area (Å²) in [6, 6.07) is 20.4. The summed E-state index contributed by atoms with van der Waals surface area (Å²) in [6.45, 7) is -0.00954. The van der Waals surface area contributed by atoms with Crippen LogP contribution in [-0.4, -0.2) is 38.3 Å². The van der Waals surface area contributed by atoms with Crippen molar-refractivity contribution in [2.45, 2.75) is 17.7 Å². The van der Waals surface area contributed by atoms with Gasteiger partial charge in [-0.25, -0.2) is 13.2 Å². The van der Waals surface area contributed by atoms with Crippen LogP contribution in [0, 0.1) is 0 Å². The number of fused-ring (bicyclic) bond motifs is 2. The van der Waals surface area contributed by atoms with E-state index in [0.29, 0.717) is 17.8 Å². The Bertz CT molecular complexity index is 1490. The van der Waals surface area contributed by atoms with Gasteiger partial charge in [0, 0.05) is 29.2 Å². The van der Waals surface area contributed by atoms with Gasteiger partial charge in [-0.1, -0.05) is 36.4 Å². The van der Waals surface area contributed by atoms with E-state index in [0.717, 1.165) is 29.3 Å². The zero-order valence-electron chi connectivity index (χ0n) is 18.2. The number of benzene rings is 3. The zero-order chi connectivity index (χ0) is 23.7. The molecule has 0 radical (unpaired) electrons. The minimum atomic E-state index is -3.77. The number of carbonyl (C=O) groups is 2. The van der Waals surface area contributed by atoms with E-state index < -0.39 is 22.6 Å². The van der Waals surface area contributed by atoms with Crippen molar-refractivity contribution in [2.75, 3.05) is 17.5 Å². The number of esters is 1. The molecule has 1 aliphatic heterocycles. The lowest BCUT2D eigenvalue weighted by molar-refractivity contribution is 0.0475. The molecule has 1 N–H and O–H groups in total. The van der Waals surface area contributed by atoms with Gasteiger partial charge in [0.05, 0.1) is 16.1 Å². The molecule has 1 aliphatic rings. The highest BCUT2D eigenvalue weighted by molar-refractivity contribution is 7.92. The maximum atomic E-state index is 13.2. The molecular weight excluding hydrogens is 452 g/mol. The van der Waals surface area contributed by atoms with E-state index in [1.54, 1.807) is 6.20 Å². The number of Topliss-reactive ketones (excluding diaryl/α,β-unsaturated/α-hetero) is 1. The van der Waals surface area contributed by atoms with Gasteiger partial charge in [-0.05, 0) is 54.8 Å². The topological polar surface area (TPSA) is 96.5 Å². The molecule has 2 heterocycles. The van der Waals surface area contributed by atoms with Crippen LogP contribution in [0.3, 0.4) is 0 Å². The number of nitrogens with zero attached hydrogens (tertiary/aromatic N) is 1. The summed E-state index contributed by atoms with van der Waals surface area (Å²) in [6.07, 6.45) is 3.18. The number of hydrogen-bond donors (Lipinski definition) is 1. The van der Waals surface area contributed by atoms with Crippen LogP contribution in [0.25, 0.3) is 10.9 Å². The number of anilines is 1. The van der Waals surface area contributed by atoms with E-state index >= 15 is 0 Å². The minimum absolute atomic E-state index is 0.0932. The van der Waals surface area contributed by atoms with E-state index in [4.69, 9.17) is 4.74 Å². The number of aryl methyl sites for hydroxylation is 1. The van der Waals surface area contributed by atoms with Crippen molar-refractivity contribution in [3.8, 4) is 0 Å². The Labute approximate surface area is 197 Å². The van der Waals surface area contributed by atoms with Crippen LogP contribution in [-0.2, 0) is 21.2 Å². The fourth-order valence-corrected chi connectivity index (χ4v) is 5.77. The average molecular weight is 475 g/mol. The first kappa shape index (κ1) is 21.9. The van der Waals surface area contributed by atoms with E-state index in [2.05, 4.69) is 4.98 Å². The highest BCUT2D eigenvalue weighted by Crippen LogP contribution is 2.31. The first-order valence-corrected chi connectivity index (χ1v) is 12.4. The van der Waals surface area contributed by atoms with Crippen molar-refractivity contribution >= 4 is 38.4 Å². The van der Waals surface area contributed by atoms with Crippen LogP contribution in [0.15, 0.2) is 83.9 Å². The summed E-state index contributed by atoms with van der Waals surface area (Å²) in [5.41, 5.74) is 3.13. The smallest absolute Gasteiger partial charge is 0.338 e. The Hall–Kier alpha value is -3.91. The SMILES string of the molecule is O=C(OCC(=O)c1c[nH]c2ccccc12)c1ccc(S(=O)(=O)N2CCCc3ccccc32)cc1. The molecule has 0 saturated carbocycles. The molecule has 0 saturated heterocycles. The fourth-order valence-electron chi connectivity index (χ4n) is 4.23. The molecule has 0 aliphatic carbocycles. The largest absolute Gasteiger partial charge is 0.454 e. The van der Waals surface area contributed by atoms with Crippen LogP contribution in [0.5, 0.6) is 0 Å². The van der Waals surface area contributed by atoms with E-state index in [1.807, 2.05) is 48.5 Å². The van der Waals surface area contributed by atoms with Crippen molar-refractivity contribution in [1.82, 2.24) is 4.98 Å². The molecule has 0 fully saturated rings. The van der Waals surface area contributed by atoms with Crippen LogP contribution in [0.4, 0.5) is 5.69 Å². The third-order valence-corrected chi connectivity index (χ3v) is 7.80. The number of carbonyl (C=O) groups excluding carboxylic acids is 2. The second-order valence-corrected chi connectivity index (χ2v) is 9.94. The molecular formula is C26H22N2O5S. The van der Waals surface area contributed by atoms with E-state index in [1.165, 1.54) is 28.6 Å². The molecule has 0 spiro atoms. The first-order valence-electron chi connectivity index (χ1n) is 10.9. The number of hydrogen-bond acceptors (Lipinski definition) is 5. The highest BCUT2D eigenvalue weighted by atomic mass is 32.2. The summed E-state index contributed by atoms with van der Waals surface area (Å²) in [5.74, 6) is -1.02. The second kappa shape index (κ2) is 8.79. The molecule has 7 nitrogen and oxygen atoms in total. The van der Waals surface area contributed by atoms with Crippen molar-refractivity contribution in [1.29, 1.82) is 0 Å². The summed E-state index contributed by atoms with van der Waals surface area (Å²) in [5, 5.41) is 0.761. The van der Waals surface area contributed by atoms with Crippen LogP contribution in [0.2, 0.25) is 0 Å². The van der Waals surface area contributed by atoms with Gasteiger partial charge in [0.2, 0.25) is 5.78 Å². The summed E-state index contributed by atoms with van der Waals surface area (Å²) < 4.78 is 33.1. The lowest BCUT2D eigenvalue weighted by atomic mass is 10.0. The minimum Gasteiger partial charge on any atom is -0.454 e. The number of H-pyrrole nitrogens is 1. The number of para-hydroxylation sites is 2. The standard InChI is InChI=1S/C26H22N2O5S/c29-25(22-16-27-23-9-3-2-8-21(22)23)17-33-26(30)19-11-13-20(14-12-19)34(31,32)28-15-5-7-18-6-1-4-10-24(18)28/h1-4,6,8-14,16,27H,5,7,15,17H2. The quantitative estimate of drug-likeness (QED) is 0.331. The molecule has 34 heavy (non-hydrogen) atoms. The third-order valence-electron chi connectivity index (χ3n) is 5.97. The lowest BCUT2D eigenvalue weighted by Gasteiger charge is -2.30. The van der Waals surface area contributed by atoms with Gasteiger partial charge in [0.1, 0.15) is 0 Å². The average Bonchev–Trinajstić information content (AvgIpc) is 3.31. The van der Waals surface area contributed by atoms with Gasteiger partial charge in [0.25, 0.3) is 10.0 Å². The number of aromatic amines is 1. The van der Waals surface area contributed by atoms with Crippen LogP contribution >= 0.6 is 0 Å². The number of ketones is 1. The predicted octanol–water partition coefficient (Wildman–Crippen LogP) is 4.35. The van der Waals surface area contributed by atoms with Gasteiger partial charge in [-0.2, -0.15) is 0 Å². The second-order valence-electron chi connectivity index (χ2n) is 8.08. The van der Waals surface area contributed by atoms with Gasteiger partial charge in [-0.3, -0.25) is 9.10 Å². The number of rotatable bonds is 6. The van der Waals surface area contributed by atoms with Gasteiger partial charge >= 0.3 is 5.97 Å².